The minimum atomic E-state index is -0.242. The Bertz CT molecular complexity index is 539. The number of hydrogen-bond donors (Lipinski definition) is 4. The summed E-state index contributed by atoms with van der Waals surface area (Å²) in [4.78, 5) is 27.9. The van der Waals surface area contributed by atoms with E-state index >= 15 is 0 Å². The summed E-state index contributed by atoms with van der Waals surface area (Å²) in [5.41, 5.74) is 5.67. The van der Waals surface area contributed by atoms with Crippen LogP contribution in [0.5, 0.6) is 0 Å². The largest absolute Gasteiger partial charge is 0.382 e. The maximum atomic E-state index is 12.2. The molecule has 1 saturated heterocycles. The molecule has 7 nitrogen and oxygen atoms in total. The third-order valence-electron chi connectivity index (χ3n) is 2.94. The van der Waals surface area contributed by atoms with E-state index in [9.17, 15) is 9.59 Å². The number of nitrogens with two attached hydrogens (primary N) is 1. The van der Waals surface area contributed by atoms with Crippen molar-refractivity contribution in [1.82, 2.24) is 15.6 Å². The minimum absolute atomic E-state index is 0.0227. The zero-order valence-electron chi connectivity index (χ0n) is 12.4. The van der Waals surface area contributed by atoms with E-state index in [-0.39, 0.29) is 29.2 Å². The average molecular weight is 311 g/mol. The van der Waals surface area contributed by atoms with Gasteiger partial charge in [-0.2, -0.15) is 0 Å². The summed E-state index contributed by atoms with van der Waals surface area (Å²) in [5, 5.41) is 9.44. The number of carbonyl (C=O) groups excluding carboxylic acids is 2. The van der Waals surface area contributed by atoms with Crippen LogP contribution in [0, 0.1) is 0 Å². The van der Waals surface area contributed by atoms with E-state index in [1.54, 1.807) is 0 Å². The smallest absolute Gasteiger partial charge is 0.265 e. The first-order valence-corrected chi connectivity index (χ1v) is 7.68. The second-order valence-corrected chi connectivity index (χ2v) is 7.12. The van der Waals surface area contributed by atoms with E-state index in [1.807, 2.05) is 20.8 Å². The van der Waals surface area contributed by atoms with Gasteiger partial charge in [-0.3, -0.25) is 9.59 Å². The van der Waals surface area contributed by atoms with Crippen LogP contribution in [-0.2, 0) is 4.79 Å². The van der Waals surface area contributed by atoms with Gasteiger partial charge in [0.25, 0.3) is 5.91 Å². The van der Waals surface area contributed by atoms with Crippen LogP contribution >= 0.6 is 11.3 Å². The molecule has 5 N–H and O–H groups in total. The normalized spacial score (nSPS) is 19.0. The van der Waals surface area contributed by atoms with Crippen LogP contribution in [0.1, 0.15) is 43.3 Å². The highest BCUT2D eigenvalue weighted by molar-refractivity contribution is 7.18. The predicted octanol–water partition coefficient (Wildman–Crippen LogP) is 0.944. The average Bonchev–Trinajstić information content (AvgIpc) is 2.70. The molecular formula is C13H21N5O2S. The summed E-state index contributed by atoms with van der Waals surface area (Å²) in [6, 6.07) is -0.0595. The molecule has 0 bridgehead atoms. The minimum Gasteiger partial charge on any atom is -0.382 e. The molecule has 8 heteroatoms. The summed E-state index contributed by atoms with van der Waals surface area (Å²) >= 11 is 1.24. The topological polar surface area (TPSA) is 109 Å². The Morgan fingerprint density at radius 3 is 2.76 bits per heavy atom. The lowest BCUT2D eigenvalue weighted by molar-refractivity contribution is -0.122. The molecule has 1 unspecified atom stereocenters. The number of rotatable bonds is 3. The van der Waals surface area contributed by atoms with Gasteiger partial charge in [-0.05, 0) is 27.2 Å². The second kappa shape index (κ2) is 5.88. The molecule has 1 fully saturated rings. The van der Waals surface area contributed by atoms with Crippen LogP contribution in [0.2, 0.25) is 0 Å². The fourth-order valence-electron chi connectivity index (χ4n) is 1.98. The number of amides is 2. The summed E-state index contributed by atoms with van der Waals surface area (Å²) in [5.74, 6) is 0.00618. The van der Waals surface area contributed by atoms with Crippen molar-refractivity contribution in [3.8, 4) is 0 Å². The molecule has 0 radical (unpaired) electrons. The van der Waals surface area contributed by atoms with Gasteiger partial charge in [-0.1, -0.05) is 11.3 Å². The van der Waals surface area contributed by atoms with Crippen molar-refractivity contribution >= 4 is 34.1 Å². The lowest BCUT2D eigenvalue weighted by atomic mass is 10.1. The first-order chi connectivity index (χ1) is 9.74. The number of carbonyl (C=O) groups is 2. The molecule has 1 aromatic rings. The molecule has 0 spiro atoms. The monoisotopic (exact) mass is 311 g/mol. The van der Waals surface area contributed by atoms with Gasteiger partial charge in [0, 0.05) is 24.5 Å². The number of nitrogen functional groups attached to an aromatic ring is 1. The predicted molar refractivity (Wildman–Crippen MR) is 83.4 cm³/mol. The van der Waals surface area contributed by atoms with Crippen molar-refractivity contribution in [3.05, 3.63) is 4.88 Å². The van der Waals surface area contributed by atoms with Crippen molar-refractivity contribution in [1.29, 1.82) is 0 Å². The Hall–Kier alpha value is -1.83. The fourth-order valence-corrected chi connectivity index (χ4v) is 2.97. The number of thiazole rings is 1. The van der Waals surface area contributed by atoms with E-state index in [0.717, 1.165) is 0 Å². The van der Waals surface area contributed by atoms with E-state index in [4.69, 9.17) is 5.73 Å². The summed E-state index contributed by atoms with van der Waals surface area (Å²) < 4.78 is 0. The summed E-state index contributed by atoms with van der Waals surface area (Å²) in [6.45, 7) is 6.48. The van der Waals surface area contributed by atoms with Gasteiger partial charge in [0.05, 0.1) is 0 Å². The number of hydrogen-bond acceptors (Lipinski definition) is 6. The van der Waals surface area contributed by atoms with E-state index in [1.165, 1.54) is 11.3 Å². The van der Waals surface area contributed by atoms with E-state index in [2.05, 4.69) is 20.9 Å². The van der Waals surface area contributed by atoms with Crippen LogP contribution in [0.4, 0.5) is 10.9 Å². The second-order valence-electron chi connectivity index (χ2n) is 6.12. The lowest BCUT2D eigenvalue weighted by Gasteiger charge is -2.23. The van der Waals surface area contributed by atoms with Gasteiger partial charge >= 0.3 is 0 Å². The summed E-state index contributed by atoms with van der Waals surface area (Å²) in [6.07, 6.45) is 1.07. The Morgan fingerprint density at radius 1 is 1.48 bits per heavy atom. The van der Waals surface area contributed by atoms with Crippen LogP contribution in [0.25, 0.3) is 0 Å². The van der Waals surface area contributed by atoms with Crippen molar-refractivity contribution < 1.29 is 9.59 Å². The van der Waals surface area contributed by atoms with Crippen LogP contribution < -0.4 is 21.7 Å². The molecule has 2 heterocycles. The van der Waals surface area contributed by atoms with Crippen LogP contribution in [-0.4, -0.2) is 34.9 Å². The Labute approximate surface area is 127 Å². The SMILES string of the molecule is CC(C)(C)Nc1nc(N)c(C(=O)NC2CCC(=O)NC2)s1. The van der Waals surface area contributed by atoms with Crippen molar-refractivity contribution in [3.63, 3.8) is 0 Å². The molecule has 0 saturated carbocycles. The Morgan fingerprint density at radius 2 is 2.19 bits per heavy atom. The standard InChI is InChI=1S/C13H21N5O2S/c1-13(2,3)18-12-17-10(14)9(21-12)11(20)16-7-4-5-8(19)15-6-7/h7H,4-6,14H2,1-3H3,(H,15,19)(H,16,20)(H,17,18). The lowest BCUT2D eigenvalue weighted by Crippen LogP contribution is -2.47. The maximum Gasteiger partial charge on any atom is 0.265 e. The third kappa shape index (κ3) is 4.32. The third-order valence-corrected chi connectivity index (χ3v) is 3.93. The van der Waals surface area contributed by atoms with Crippen LogP contribution in [0.15, 0.2) is 0 Å². The number of piperidine rings is 1. The molecule has 2 rings (SSSR count). The van der Waals surface area contributed by atoms with E-state index < -0.39 is 0 Å². The number of aromatic nitrogens is 1. The molecule has 21 heavy (non-hydrogen) atoms. The maximum absolute atomic E-state index is 12.2. The van der Waals surface area contributed by atoms with Gasteiger partial charge in [-0.15, -0.1) is 0 Å². The number of anilines is 2. The first kappa shape index (κ1) is 15.6. The zero-order valence-corrected chi connectivity index (χ0v) is 13.3. The molecular weight excluding hydrogens is 290 g/mol. The highest BCUT2D eigenvalue weighted by Gasteiger charge is 2.23. The molecule has 0 aromatic carbocycles. The number of nitrogens with zero attached hydrogens (tertiary/aromatic N) is 1. The molecule has 1 aliphatic heterocycles. The Kier molecular flexibility index (Phi) is 4.36. The summed E-state index contributed by atoms with van der Waals surface area (Å²) in [7, 11) is 0. The first-order valence-electron chi connectivity index (χ1n) is 6.86. The van der Waals surface area contributed by atoms with Gasteiger partial charge in [-0.25, -0.2) is 4.98 Å². The van der Waals surface area contributed by atoms with Crippen LogP contribution in [0.3, 0.4) is 0 Å². The van der Waals surface area contributed by atoms with Gasteiger partial charge < -0.3 is 21.7 Å². The highest BCUT2D eigenvalue weighted by Crippen LogP contribution is 2.27. The Balaban J connectivity index is 2.00. The van der Waals surface area contributed by atoms with Crippen molar-refractivity contribution in [2.24, 2.45) is 0 Å². The highest BCUT2D eigenvalue weighted by atomic mass is 32.1. The fraction of sp³-hybridized carbons (Fsp3) is 0.615. The molecule has 116 valence electrons. The molecule has 0 aliphatic carbocycles. The van der Waals surface area contributed by atoms with Gasteiger partial charge in [0.15, 0.2) is 5.13 Å². The number of nitrogens with one attached hydrogen (secondary N) is 3. The van der Waals surface area contributed by atoms with Crippen molar-refractivity contribution in [2.45, 2.75) is 45.2 Å². The van der Waals surface area contributed by atoms with Gasteiger partial charge in [0.1, 0.15) is 10.7 Å². The molecule has 1 aromatic heterocycles. The van der Waals surface area contributed by atoms with E-state index in [0.29, 0.717) is 29.4 Å². The van der Waals surface area contributed by atoms with Gasteiger partial charge in [0.2, 0.25) is 5.91 Å². The molecule has 1 atom stereocenters. The molecule has 1 aliphatic rings. The quantitative estimate of drug-likeness (QED) is 0.664. The zero-order chi connectivity index (χ0) is 15.6. The van der Waals surface area contributed by atoms with Crippen molar-refractivity contribution in [2.75, 3.05) is 17.6 Å². The molecule has 2 amide bonds.